The number of pyridine rings is 1. The van der Waals surface area contributed by atoms with E-state index in [4.69, 9.17) is 0 Å². The molecule has 0 amide bonds. The largest absolute Gasteiger partial charge is 0.374 e. The van der Waals surface area contributed by atoms with Crippen LogP contribution in [0.2, 0.25) is 0 Å². The number of rotatable bonds is 6. The topological polar surface area (TPSA) is 16.1 Å². The lowest BCUT2D eigenvalue weighted by molar-refractivity contribution is 0.658. The number of aryl methyl sites for hydroxylation is 1. The lowest BCUT2D eigenvalue weighted by atomic mass is 9.92. The molecule has 0 spiro atoms. The molecule has 1 aromatic heterocycles. The summed E-state index contributed by atoms with van der Waals surface area (Å²) in [5, 5.41) is 0. The van der Waals surface area contributed by atoms with Crippen molar-refractivity contribution in [3.05, 3.63) is 95.8 Å². The number of anilines is 1. The molecule has 3 aromatic rings. The van der Waals surface area contributed by atoms with E-state index < -0.39 is 0 Å². The molecule has 1 heterocycles. The zero-order chi connectivity index (χ0) is 16.8. The zero-order valence-electron chi connectivity index (χ0n) is 14.4. The highest BCUT2D eigenvalue weighted by Gasteiger charge is 2.16. The standard InChI is InChI=1S/C22H24N2/c1-18-11-13-19(14-12-18)20(16-21-8-6-7-15-23-21)17-24(2)22-9-4-3-5-10-22/h3-15,20H,16-17H2,1-2H3. The Morgan fingerprint density at radius 1 is 0.875 bits per heavy atom. The van der Waals surface area contributed by atoms with Crippen molar-refractivity contribution < 1.29 is 0 Å². The third kappa shape index (κ3) is 4.23. The molecule has 0 fully saturated rings. The summed E-state index contributed by atoms with van der Waals surface area (Å²) in [6.07, 6.45) is 2.82. The number of hydrogen-bond donors (Lipinski definition) is 0. The SMILES string of the molecule is Cc1ccc(C(Cc2ccccn2)CN(C)c2ccccc2)cc1. The molecule has 2 nitrogen and oxygen atoms in total. The number of aromatic nitrogens is 1. The van der Waals surface area contributed by atoms with Gasteiger partial charge in [-0.2, -0.15) is 0 Å². The Labute approximate surface area is 144 Å². The summed E-state index contributed by atoms with van der Waals surface area (Å²) in [7, 11) is 2.16. The fourth-order valence-corrected chi connectivity index (χ4v) is 3.02. The molecule has 2 aromatic carbocycles. The minimum Gasteiger partial charge on any atom is -0.374 e. The van der Waals surface area contributed by atoms with Crippen LogP contribution in [0.25, 0.3) is 0 Å². The highest BCUT2D eigenvalue weighted by molar-refractivity contribution is 5.45. The van der Waals surface area contributed by atoms with Gasteiger partial charge in [-0.1, -0.05) is 54.1 Å². The fraction of sp³-hybridized carbons (Fsp3) is 0.227. The van der Waals surface area contributed by atoms with Gasteiger partial charge < -0.3 is 4.90 Å². The first-order valence-electron chi connectivity index (χ1n) is 8.45. The van der Waals surface area contributed by atoms with E-state index in [-0.39, 0.29) is 0 Å². The van der Waals surface area contributed by atoms with Gasteiger partial charge in [0.15, 0.2) is 0 Å². The molecule has 0 N–H and O–H groups in total. The van der Waals surface area contributed by atoms with Crippen molar-refractivity contribution in [2.45, 2.75) is 19.3 Å². The first-order valence-corrected chi connectivity index (χ1v) is 8.45. The number of hydrogen-bond acceptors (Lipinski definition) is 2. The van der Waals surface area contributed by atoms with Gasteiger partial charge >= 0.3 is 0 Å². The van der Waals surface area contributed by atoms with Crippen molar-refractivity contribution in [1.82, 2.24) is 4.98 Å². The number of nitrogens with zero attached hydrogens (tertiary/aromatic N) is 2. The van der Waals surface area contributed by atoms with Crippen LogP contribution in [0.5, 0.6) is 0 Å². The fourth-order valence-electron chi connectivity index (χ4n) is 3.02. The minimum absolute atomic E-state index is 0.408. The van der Waals surface area contributed by atoms with Gasteiger partial charge in [0.05, 0.1) is 0 Å². The molecule has 0 radical (unpaired) electrons. The van der Waals surface area contributed by atoms with Crippen molar-refractivity contribution >= 4 is 5.69 Å². The number of benzene rings is 2. The molecular formula is C22H24N2. The molecule has 0 saturated heterocycles. The van der Waals surface area contributed by atoms with E-state index in [0.29, 0.717) is 5.92 Å². The molecule has 0 saturated carbocycles. The number of para-hydroxylation sites is 1. The molecule has 24 heavy (non-hydrogen) atoms. The Morgan fingerprint density at radius 3 is 2.25 bits per heavy atom. The lowest BCUT2D eigenvalue weighted by Gasteiger charge is -2.26. The third-order valence-electron chi connectivity index (χ3n) is 4.42. The van der Waals surface area contributed by atoms with Gasteiger partial charge in [-0.05, 0) is 43.2 Å². The third-order valence-corrected chi connectivity index (χ3v) is 4.42. The molecule has 0 aliphatic rings. The maximum atomic E-state index is 4.52. The second kappa shape index (κ2) is 7.78. The van der Waals surface area contributed by atoms with E-state index in [2.05, 4.69) is 90.6 Å². The molecule has 0 aliphatic carbocycles. The van der Waals surface area contributed by atoms with Crippen LogP contribution >= 0.6 is 0 Å². The highest BCUT2D eigenvalue weighted by atomic mass is 15.1. The maximum absolute atomic E-state index is 4.52. The summed E-state index contributed by atoms with van der Waals surface area (Å²) >= 11 is 0. The summed E-state index contributed by atoms with van der Waals surface area (Å²) in [6.45, 7) is 3.09. The second-order valence-electron chi connectivity index (χ2n) is 6.35. The first kappa shape index (κ1) is 16.3. The van der Waals surface area contributed by atoms with Crippen molar-refractivity contribution in [2.75, 3.05) is 18.5 Å². The van der Waals surface area contributed by atoms with Crippen LogP contribution < -0.4 is 4.90 Å². The minimum atomic E-state index is 0.408. The Kier molecular flexibility index (Phi) is 5.27. The summed E-state index contributed by atoms with van der Waals surface area (Å²) in [6, 6.07) is 25.6. The second-order valence-corrected chi connectivity index (χ2v) is 6.35. The van der Waals surface area contributed by atoms with Gasteiger partial charge in [0.25, 0.3) is 0 Å². The molecule has 122 valence electrons. The van der Waals surface area contributed by atoms with Crippen LogP contribution in [0.15, 0.2) is 79.0 Å². The first-order chi connectivity index (χ1) is 11.7. The van der Waals surface area contributed by atoms with E-state index in [1.807, 2.05) is 12.3 Å². The van der Waals surface area contributed by atoms with Gasteiger partial charge in [-0.15, -0.1) is 0 Å². The van der Waals surface area contributed by atoms with Crippen LogP contribution in [-0.4, -0.2) is 18.6 Å². The van der Waals surface area contributed by atoms with Crippen molar-refractivity contribution in [1.29, 1.82) is 0 Å². The van der Waals surface area contributed by atoms with Crippen LogP contribution in [0.4, 0.5) is 5.69 Å². The summed E-state index contributed by atoms with van der Waals surface area (Å²) in [4.78, 5) is 6.85. The average molecular weight is 316 g/mol. The Morgan fingerprint density at radius 2 is 1.58 bits per heavy atom. The molecule has 1 unspecified atom stereocenters. The summed E-state index contributed by atoms with van der Waals surface area (Å²) in [5.74, 6) is 0.408. The van der Waals surface area contributed by atoms with Crippen LogP contribution in [0.3, 0.4) is 0 Å². The number of likely N-dealkylation sites (N-methyl/N-ethyl adjacent to an activating group) is 1. The zero-order valence-corrected chi connectivity index (χ0v) is 14.4. The normalized spacial score (nSPS) is 11.9. The van der Waals surface area contributed by atoms with Gasteiger partial charge in [-0.3, -0.25) is 4.98 Å². The highest BCUT2D eigenvalue weighted by Crippen LogP contribution is 2.24. The Balaban J connectivity index is 1.82. The monoisotopic (exact) mass is 316 g/mol. The van der Waals surface area contributed by atoms with E-state index in [1.54, 1.807) is 0 Å². The van der Waals surface area contributed by atoms with E-state index in [0.717, 1.165) is 18.7 Å². The van der Waals surface area contributed by atoms with Crippen LogP contribution in [0.1, 0.15) is 22.7 Å². The molecular weight excluding hydrogens is 292 g/mol. The molecule has 0 aliphatic heterocycles. The van der Waals surface area contributed by atoms with Crippen LogP contribution in [-0.2, 0) is 6.42 Å². The van der Waals surface area contributed by atoms with Crippen molar-refractivity contribution in [3.8, 4) is 0 Å². The summed E-state index contributed by atoms with van der Waals surface area (Å²) < 4.78 is 0. The van der Waals surface area contributed by atoms with E-state index in [1.165, 1.54) is 16.8 Å². The van der Waals surface area contributed by atoms with Crippen molar-refractivity contribution in [2.24, 2.45) is 0 Å². The molecule has 3 rings (SSSR count). The van der Waals surface area contributed by atoms with Gasteiger partial charge in [0.2, 0.25) is 0 Å². The Hall–Kier alpha value is -2.61. The van der Waals surface area contributed by atoms with Gasteiger partial charge in [0, 0.05) is 37.1 Å². The average Bonchev–Trinajstić information content (AvgIpc) is 2.63. The lowest BCUT2D eigenvalue weighted by Crippen LogP contribution is -2.25. The van der Waals surface area contributed by atoms with E-state index >= 15 is 0 Å². The summed E-state index contributed by atoms with van der Waals surface area (Å²) in [5.41, 5.74) is 5.06. The molecule has 2 heteroatoms. The Bertz CT molecular complexity index is 736. The van der Waals surface area contributed by atoms with Crippen LogP contribution in [0, 0.1) is 6.92 Å². The quantitative estimate of drug-likeness (QED) is 0.646. The van der Waals surface area contributed by atoms with Gasteiger partial charge in [0.1, 0.15) is 0 Å². The van der Waals surface area contributed by atoms with Crippen molar-refractivity contribution in [3.63, 3.8) is 0 Å². The smallest absolute Gasteiger partial charge is 0.0410 e. The molecule has 1 atom stereocenters. The maximum Gasteiger partial charge on any atom is 0.0410 e. The predicted molar refractivity (Wildman–Crippen MR) is 102 cm³/mol. The molecule has 0 bridgehead atoms. The predicted octanol–water partition coefficient (Wildman–Crippen LogP) is 4.85. The van der Waals surface area contributed by atoms with Gasteiger partial charge in [-0.25, -0.2) is 0 Å². The van der Waals surface area contributed by atoms with E-state index in [9.17, 15) is 0 Å².